The Morgan fingerprint density at radius 3 is 1.30 bits per heavy atom. The number of nitrogens with zero attached hydrogens (tertiary/aromatic N) is 6. The van der Waals surface area contributed by atoms with Crippen LogP contribution in [-0.2, 0) is 37.9 Å². The molecule has 19 nitrogen and oxygen atoms in total. The fourth-order valence-corrected chi connectivity index (χ4v) is 18.3. The first kappa shape index (κ1) is 83.0. The van der Waals surface area contributed by atoms with Crippen LogP contribution in [0.1, 0.15) is 0 Å². The minimum Gasteiger partial charge on any atom is -0.491 e. The summed E-state index contributed by atoms with van der Waals surface area (Å²) >= 11 is 1.84. The van der Waals surface area contributed by atoms with Crippen molar-refractivity contribution in [3.8, 4) is 101 Å². The Morgan fingerprint density at radius 1 is 0.242 bits per heavy atom. The van der Waals surface area contributed by atoms with Crippen LogP contribution in [0.3, 0.4) is 0 Å². The highest BCUT2D eigenvalue weighted by molar-refractivity contribution is 7.26. The molecule has 0 N–H and O–H groups in total. The summed E-state index contributed by atoms with van der Waals surface area (Å²) in [6.07, 6.45) is 0. The smallest absolute Gasteiger partial charge is 0.158 e. The van der Waals surface area contributed by atoms with E-state index in [1.807, 2.05) is 96.3 Å². The largest absolute Gasteiger partial charge is 0.491 e. The van der Waals surface area contributed by atoms with E-state index < -0.39 is 0 Å². The van der Waals surface area contributed by atoms with Gasteiger partial charge in [-0.2, -0.15) is 0 Å². The van der Waals surface area contributed by atoms with Crippen LogP contribution in [0.5, 0.6) is 23.0 Å². The molecule has 0 saturated heterocycles. The van der Waals surface area contributed by atoms with E-state index in [0.29, 0.717) is 163 Å². The maximum atomic E-state index is 6.76. The van der Waals surface area contributed by atoms with Crippen molar-refractivity contribution in [3.63, 3.8) is 0 Å². The first-order valence-electron chi connectivity index (χ1n) is 44.0. The molecule has 12 heterocycles. The third-order valence-corrected chi connectivity index (χ3v) is 24.7. The summed E-state index contributed by atoms with van der Waals surface area (Å²) in [7, 11) is 0. The van der Waals surface area contributed by atoms with Crippen molar-refractivity contribution < 1.29 is 61.3 Å². The minimum atomic E-state index is 0.276. The molecule has 6 aromatic heterocycles. The number of benzene rings is 12. The molecular weight excluding hydrogens is 1620 g/mol. The normalized spacial score (nSPS) is 15.5. The van der Waals surface area contributed by atoms with Crippen LogP contribution in [0.2, 0.25) is 0 Å². The molecule has 6 aliphatic heterocycles. The molecule has 0 atom stereocenters. The predicted molar refractivity (Wildman–Crippen MR) is 512 cm³/mol. The Kier molecular flexibility index (Phi) is 25.8. The van der Waals surface area contributed by atoms with Crippen molar-refractivity contribution >= 4 is 108 Å². The first-order valence-corrected chi connectivity index (χ1v) is 44.8. The van der Waals surface area contributed by atoms with Gasteiger partial charge < -0.3 is 71.1 Å². The van der Waals surface area contributed by atoms with E-state index in [1.165, 1.54) is 42.4 Å². The van der Waals surface area contributed by atoms with Gasteiger partial charge in [0, 0.05) is 107 Å². The Bertz CT molecular complexity index is 6920. The van der Waals surface area contributed by atoms with Gasteiger partial charge in [-0.1, -0.05) is 146 Å². The zero-order chi connectivity index (χ0) is 85.6. The predicted octanol–water partition coefficient (Wildman–Crippen LogP) is 22.5. The van der Waals surface area contributed by atoms with Crippen LogP contribution < -0.4 is 28.7 Å². The Labute approximate surface area is 745 Å². The molecule has 16 bridgehead atoms. The van der Waals surface area contributed by atoms with Crippen LogP contribution in [-0.4, -0.2) is 178 Å². The Hall–Kier alpha value is -13.2. The van der Waals surface area contributed by atoms with E-state index in [2.05, 4.69) is 216 Å². The number of anilines is 2. The molecule has 18 aromatic rings. The molecule has 0 saturated carbocycles. The van der Waals surface area contributed by atoms with E-state index in [-0.39, 0.29) is 6.61 Å². The SMILES string of the molecule is c1ccc(-c2cccc(-c3cccc4c3sc3cc(N5CCOCCOCCOc6ccc(cc6)-c6ccc7ccc8ccc(nc8c7n6)-c6ccc(cc6-c6cc7nc8c6ccc6ccc(nc68)-c6ccc(cc6)OCCOCCOCCN(c6cccc8c6oc6ccccc68)CCOCCOCCOc6ccc-7cc6)OCCOCCOCC5)ccc34)c2)cc1. The first-order chi connectivity index (χ1) is 63.5. The standard InChI is InChI=1S/C108H96N6O13S/c1-2-9-73(10-3-1)80-11-6-12-81(69-80)87-14-7-16-93-90-40-31-82(70-102(90)128-108(87)93)113-45-49-115-53-57-119-61-65-123-83-32-21-74(22-33-83)96-42-28-77-19-20-78-30-44-98(111-104(78)103(77)109-96)88-41-38-86(126-68-64-122-58-54-116-50-46-113)71-94(88)95-72-99-76-25-36-85(37-26-76)125-67-63-121-60-56-118-52-48-114(100-17-8-15-92-89-13-4-5-18-101(89)127-107(92)100)47-51-117-55-59-120-62-66-124-84-34-23-75(24-35-84)97-43-29-79-27-39-91(95)106(112-99)105(79)110-97/h1-44,69-72H,45-68H2. The third kappa shape index (κ3) is 18.9. The molecule has 0 radical (unpaired) electrons. The number of para-hydroxylation sites is 2. The second kappa shape index (κ2) is 39.8. The number of fused-ring (bicyclic) bond motifs is 10. The zero-order valence-corrected chi connectivity index (χ0v) is 71.9. The van der Waals surface area contributed by atoms with Crippen molar-refractivity contribution in [2.24, 2.45) is 0 Å². The number of hydrogen-bond acceptors (Lipinski definition) is 20. The summed E-state index contributed by atoms with van der Waals surface area (Å²) in [5.41, 5.74) is 20.0. The van der Waals surface area contributed by atoms with Crippen LogP contribution in [0.15, 0.2) is 296 Å². The van der Waals surface area contributed by atoms with Crippen molar-refractivity contribution in [1.82, 2.24) is 19.9 Å². The number of thiophene rings is 1. The molecule has 20 heteroatoms. The summed E-state index contributed by atoms with van der Waals surface area (Å²) in [6.45, 7) is 10.6. The second-order valence-corrected chi connectivity index (χ2v) is 32.7. The maximum Gasteiger partial charge on any atom is 0.158 e. The molecule has 0 unspecified atom stereocenters. The van der Waals surface area contributed by atoms with Gasteiger partial charge in [-0.15, -0.1) is 11.3 Å². The van der Waals surface area contributed by atoms with Gasteiger partial charge in [0.25, 0.3) is 0 Å². The summed E-state index contributed by atoms with van der Waals surface area (Å²) in [6, 6.07) is 101. The van der Waals surface area contributed by atoms with Crippen LogP contribution in [0, 0.1) is 0 Å². The highest BCUT2D eigenvalue weighted by Gasteiger charge is 2.23. The Balaban J connectivity index is 0.587. The molecule has 12 aromatic carbocycles. The van der Waals surface area contributed by atoms with E-state index in [4.69, 9.17) is 81.2 Å². The molecule has 0 fully saturated rings. The molecule has 0 amide bonds. The number of furan rings is 1. The summed E-state index contributed by atoms with van der Waals surface area (Å²) < 4.78 is 84.0. The van der Waals surface area contributed by atoms with Crippen LogP contribution in [0.4, 0.5) is 11.4 Å². The van der Waals surface area contributed by atoms with Crippen LogP contribution in [0.25, 0.3) is 164 Å². The lowest BCUT2D eigenvalue weighted by Gasteiger charge is -2.25. The van der Waals surface area contributed by atoms with Gasteiger partial charge in [0.15, 0.2) is 5.58 Å². The molecule has 6 aliphatic rings. The van der Waals surface area contributed by atoms with Gasteiger partial charge >= 0.3 is 0 Å². The molecule has 0 spiro atoms. The maximum absolute atomic E-state index is 6.76. The molecular formula is C108H96N6O13S. The summed E-state index contributed by atoms with van der Waals surface area (Å²) in [5, 5.41) is 8.35. The zero-order valence-electron chi connectivity index (χ0n) is 71.1. The van der Waals surface area contributed by atoms with Gasteiger partial charge in [-0.25, -0.2) is 19.9 Å². The fraction of sp³-hybridized carbons (Fsp3) is 0.222. The van der Waals surface area contributed by atoms with Crippen molar-refractivity contribution in [3.05, 3.63) is 291 Å². The lowest BCUT2D eigenvalue weighted by Crippen LogP contribution is -2.31. The average Bonchev–Trinajstić information content (AvgIpc) is 1.34. The molecule has 24 rings (SSSR count). The lowest BCUT2D eigenvalue weighted by molar-refractivity contribution is 0.0347. The molecule has 128 heavy (non-hydrogen) atoms. The number of pyridine rings is 4. The van der Waals surface area contributed by atoms with Gasteiger partial charge in [0.2, 0.25) is 0 Å². The van der Waals surface area contributed by atoms with E-state index >= 15 is 0 Å². The van der Waals surface area contributed by atoms with E-state index in [1.54, 1.807) is 0 Å². The van der Waals surface area contributed by atoms with Crippen molar-refractivity contribution in [2.75, 3.05) is 168 Å². The summed E-state index contributed by atoms with van der Waals surface area (Å²) in [5.74, 6) is 2.79. The monoisotopic (exact) mass is 1720 g/mol. The lowest BCUT2D eigenvalue weighted by atomic mass is 9.92. The minimum absolute atomic E-state index is 0.276. The highest BCUT2D eigenvalue weighted by Crippen LogP contribution is 2.46. The average molecular weight is 1720 g/mol. The summed E-state index contributed by atoms with van der Waals surface area (Å²) in [4.78, 5) is 26.7. The van der Waals surface area contributed by atoms with Gasteiger partial charge in [0.1, 0.15) is 55.0 Å². The number of ether oxygens (including phenoxy) is 12. The van der Waals surface area contributed by atoms with E-state index in [9.17, 15) is 0 Å². The number of aromatic nitrogens is 4. The highest BCUT2D eigenvalue weighted by atomic mass is 32.1. The molecule has 0 aliphatic carbocycles. The second-order valence-electron chi connectivity index (χ2n) is 31.6. The van der Waals surface area contributed by atoms with Gasteiger partial charge in [-0.05, 0) is 179 Å². The third-order valence-electron chi connectivity index (χ3n) is 23.5. The quantitative estimate of drug-likeness (QED) is 0.148. The number of hydrogen-bond donors (Lipinski definition) is 0. The Morgan fingerprint density at radius 2 is 0.688 bits per heavy atom. The molecule has 642 valence electrons. The number of rotatable bonds is 5. The fourth-order valence-electron chi connectivity index (χ4n) is 17.0. The van der Waals surface area contributed by atoms with Crippen LogP contribution >= 0.6 is 11.3 Å². The van der Waals surface area contributed by atoms with Gasteiger partial charge in [-0.3, -0.25) is 0 Å². The van der Waals surface area contributed by atoms with Crippen molar-refractivity contribution in [2.45, 2.75) is 0 Å². The topological polar surface area (TPSA) is 182 Å². The van der Waals surface area contributed by atoms with Gasteiger partial charge in [0.05, 0.1) is 156 Å². The van der Waals surface area contributed by atoms with E-state index in [0.717, 1.165) is 145 Å². The van der Waals surface area contributed by atoms with Crippen molar-refractivity contribution in [1.29, 1.82) is 0 Å².